The van der Waals surface area contributed by atoms with Crippen LogP contribution in [0.4, 0.5) is 4.39 Å². The molecule has 0 aromatic heterocycles. The van der Waals surface area contributed by atoms with Crippen molar-refractivity contribution in [2.24, 2.45) is 5.92 Å². The third kappa shape index (κ3) is 4.24. The zero-order chi connectivity index (χ0) is 17.1. The fraction of sp³-hybridized carbons (Fsp3) is 0.529. The number of carbonyl (C=O) groups is 2. The Morgan fingerprint density at radius 2 is 1.92 bits per heavy atom. The Balaban J connectivity index is 1.45. The molecule has 0 radical (unpaired) electrons. The normalized spacial score (nSPS) is 18.5. The van der Waals surface area contributed by atoms with E-state index in [-0.39, 0.29) is 30.1 Å². The van der Waals surface area contributed by atoms with Crippen molar-refractivity contribution in [3.63, 3.8) is 0 Å². The van der Waals surface area contributed by atoms with Gasteiger partial charge in [-0.15, -0.1) is 0 Å². The molecule has 24 heavy (non-hydrogen) atoms. The summed E-state index contributed by atoms with van der Waals surface area (Å²) >= 11 is 6.06. The average Bonchev–Trinajstić information content (AvgIpc) is 3.41. The molecule has 0 atom stereocenters. The standard InChI is InChI=1S/C17H21ClFN3O2/c18-14-2-1-3-15(19)13(14)11-21-6-8-22(9-7-21)16(23)10-20-17(24)12-4-5-12/h1-3,12H,4-11H2,(H,20,24). The predicted molar refractivity (Wildman–Crippen MR) is 89.0 cm³/mol. The molecule has 1 saturated heterocycles. The van der Waals surface area contributed by atoms with Gasteiger partial charge in [-0.2, -0.15) is 0 Å². The lowest BCUT2D eigenvalue weighted by atomic mass is 10.2. The van der Waals surface area contributed by atoms with Crippen molar-refractivity contribution < 1.29 is 14.0 Å². The zero-order valence-electron chi connectivity index (χ0n) is 13.4. The molecule has 1 saturated carbocycles. The zero-order valence-corrected chi connectivity index (χ0v) is 14.2. The van der Waals surface area contributed by atoms with Crippen molar-refractivity contribution in [3.05, 3.63) is 34.6 Å². The predicted octanol–water partition coefficient (Wildman–Crippen LogP) is 1.65. The average molecular weight is 354 g/mol. The minimum absolute atomic E-state index is 0.0174. The highest BCUT2D eigenvalue weighted by Gasteiger charge is 2.30. The summed E-state index contributed by atoms with van der Waals surface area (Å²) in [5.74, 6) is -0.271. The molecular weight excluding hydrogens is 333 g/mol. The first-order chi connectivity index (χ1) is 11.5. The maximum atomic E-state index is 13.8. The Hall–Kier alpha value is -1.66. The quantitative estimate of drug-likeness (QED) is 0.875. The highest BCUT2D eigenvalue weighted by Crippen LogP contribution is 2.28. The molecule has 0 bridgehead atoms. The summed E-state index contributed by atoms with van der Waals surface area (Å²) in [6, 6.07) is 4.68. The van der Waals surface area contributed by atoms with E-state index in [4.69, 9.17) is 11.6 Å². The first-order valence-corrected chi connectivity index (χ1v) is 8.63. The minimum Gasteiger partial charge on any atom is -0.347 e. The van der Waals surface area contributed by atoms with E-state index >= 15 is 0 Å². The van der Waals surface area contributed by atoms with E-state index in [1.165, 1.54) is 6.07 Å². The van der Waals surface area contributed by atoms with Crippen molar-refractivity contribution in [3.8, 4) is 0 Å². The summed E-state index contributed by atoms with van der Waals surface area (Å²) in [5, 5.41) is 3.12. The molecule has 1 aliphatic carbocycles. The van der Waals surface area contributed by atoms with Gasteiger partial charge in [0, 0.05) is 49.2 Å². The summed E-state index contributed by atoms with van der Waals surface area (Å²) in [6.45, 7) is 2.97. The van der Waals surface area contributed by atoms with Crippen LogP contribution in [0.1, 0.15) is 18.4 Å². The molecule has 5 nitrogen and oxygen atoms in total. The highest BCUT2D eigenvalue weighted by atomic mass is 35.5. The number of carbonyl (C=O) groups excluding carboxylic acids is 2. The fourth-order valence-corrected chi connectivity index (χ4v) is 3.05. The maximum absolute atomic E-state index is 13.8. The van der Waals surface area contributed by atoms with E-state index in [0.717, 1.165) is 12.8 Å². The Kier molecular flexibility index (Phi) is 5.36. The molecule has 1 heterocycles. The van der Waals surface area contributed by atoms with E-state index in [0.29, 0.717) is 43.3 Å². The number of halogens is 2. The van der Waals surface area contributed by atoms with Crippen LogP contribution in [0.15, 0.2) is 18.2 Å². The Labute approximate surface area is 145 Å². The van der Waals surface area contributed by atoms with Crippen molar-refractivity contribution in [2.45, 2.75) is 19.4 Å². The van der Waals surface area contributed by atoms with Gasteiger partial charge < -0.3 is 10.2 Å². The van der Waals surface area contributed by atoms with Crippen LogP contribution in [-0.4, -0.2) is 54.3 Å². The van der Waals surface area contributed by atoms with Crippen LogP contribution in [0.25, 0.3) is 0 Å². The van der Waals surface area contributed by atoms with E-state index in [1.807, 2.05) is 0 Å². The second kappa shape index (κ2) is 7.49. The fourth-order valence-electron chi connectivity index (χ4n) is 2.83. The van der Waals surface area contributed by atoms with Gasteiger partial charge in [0.1, 0.15) is 5.82 Å². The van der Waals surface area contributed by atoms with Crippen LogP contribution in [0.2, 0.25) is 5.02 Å². The van der Waals surface area contributed by atoms with Crippen molar-refractivity contribution in [1.29, 1.82) is 0 Å². The van der Waals surface area contributed by atoms with Crippen LogP contribution in [0.3, 0.4) is 0 Å². The van der Waals surface area contributed by atoms with E-state index in [1.54, 1.807) is 17.0 Å². The lowest BCUT2D eigenvalue weighted by Crippen LogP contribution is -2.51. The van der Waals surface area contributed by atoms with Gasteiger partial charge in [-0.05, 0) is 25.0 Å². The van der Waals surface area contributed by atoms with Gasteiger partial charge in [0.2, 0.25) is 11.8 Å². The van der Waals surface area contributed by atoms with E-state index in [9.17, 15) is 14.0 Å². The summed E-state index contributed by atoms with van der Waals surface area (Å²) in [5.41, 5.74) is 0.496. The van der Waals surface area contributed by atoms with Crippen LogP contribution >= 0.6 is 11.6 Å². The lowest BCUT2D eigenvalue weighted by Gasteiger charge is -2.35. The molecule has 1 aromatic carbocycles. The second-order valence-corrected chi connectivity index (χ2v) is 6.76. The summed E-state index contributed by atoms with van der Waals surface area (Å²) in [6.07, 6.45) is 1.86. The molecular formula is C17H21ClFN3O2. The van der Waals surface area contributed by atoms with Crippen molar-refractivity contribution in [2.75, 3.05) is 32.7 Å². The first kappa shape index (κ1) is 17.2. The Morgan fingerprint density at radius 1 is 1.21 bits per heavy atom. The Bertz CT molecular complexity index is 608. The number of hydrogen-bond donors (Lipinski definition) is 1. The van der Waals surface area contributed by atoms with Crippen LogP contribution < -0.4 is 5.32 Å². The SMILES string of the molecule is O=C(NCC(=O)N1CCN(Cc2c(F)cccc2Cl)CC1)C1CC1. The van der Waals surface area contributed by atoms with Gasteiger partial charge in [-0.3, -0.25) is 14.5 Å². The Morgan fingerprint density at radius 3 is 2.54 bits per heavy atom. The van der Waals surface area contributed by atoms with Gasteiger partial charge in [-0.25, -0.2) is 4.39 Å². The third-order valence-electron chi connectivity index (χ3n) is 4.53. The molecule has 1 aromatic rings. The number of nitrogens with zero attached hydrogens (tertiary/aromatic N) is 2. The highest BCUT2D eigenvalue weighted by molar-refractivity contribution is 6.31. The maximum Gasteiger partial charge on any atom is 0.242 e. The monoisotopic (exact) mass is 353 g/mol. The van der Waals surface area contributed by atoms with E-state index < -0.39 is 0 Å². The summed E-state index contributed by atoms with van der Waals surface area (Å²) in [7, 11) is 0. The number of amides is 2. The van der Waals surface area contributed by atoms with Gasteiger partial charge in [0.05, 0.1) is 6.54 Å². The molecule has 1 N–H and O–H groups in total. The molecule has 130 valence electrons. The number of rotatable bonds is 5. The molecule has 3 rings (SSSR count). The van der Waals surface area contributed by atoms with Gasteiger partial charge in [0.25, 0.3) is 0 Å². The second-order valence-electron chi connectivity index (χ2n) is 6.35. The topological polar surface area (TPSA) is 52.7 Å². The van der Waals surface area contributed by atoms with Crippen LogP contribution in [-0.2, 0) is 16.1 Å². The number of benzene rings is 1. The number of piperazine rings is 1. The number of nitrogens with one attached hydrogen (secondary N) is 1. The molecule has 0 unspecified atom stereocenters. The molecule has 1 aliphatic heterocycles. The molecule has 7 heteroatoms. The van der Waals surface area contributed by atoms with Crippen LogP contribution in [0, 0.1) is 11.7 Å². The molecule has 0 spiro atoms. The first-order valence-electron chi connectivity index (χ1n) is 8.25. The van der Waals surface area contributed by atoms with Crippen LogP contribution in [0.5, 0.6) is 0 Å². The summed E-state index contributed by atoms with van der Waals surface area (Å²) < 4.78 is 13.8. The minimum atomic E-state index is -0.302. The van der Waals surface area contributed by atoms with Gasteiger partial charge in [0.15, 0.2) is 0 Å². The third-order valence-corrected chi connectivity index (χ3v) is 4.88. The molecule has 2 fully saturated rings. The van der Waals surface area contributed by atoms with Gasteiger partial charge in [-0.1, -0.05) is 17.7 Å². The van der Waals surface area contributed by atoms with E-state index in [2.05, 4.69) is 10.2 Å². The molecule has 2 amide bonds. The molecule has 2 aliphatic rings. The van der Waals surface area contributed by atoms with Crippen molar-refractivity contribution >= 4 is 23.4 Å². The number of hydrogen-bond acceptors (Lipinski definition) is 3. The smallest absolute Gasteiger partial charge is 0.242 e. The lowest BCUT2D eigenvalue weighted by molar-refractivity contribution is -0.134. The largest absolute Gasteiger partial charge is 0.347 e. The summed E-state index contributed by atoms with van der Waals surface area (Å²) in [4.78, 5) is 27.5. The van der Waals surface area contributed by atoms with Gasteiger partial charge >= 0.3 is 0 Å². The van der Waals surface area contributed by atoms with Crippen molar-refractivity contribution in [1.82, 2.24) is 15.1 Å².